The van der Waals surface area contributed by atoms with Gasteiger partial charge in [0.15, 0.2) is 0 Å². The third kappa shape index (κ3) is 5.14. The zero-order valence-electron chi connectivity index (χ0n) is 36.1. The van der Waals surface area contributed by atoms with Crippen LogP contribution in [0.15, 0.2) is 208 Å². The van der Waals surface area contributed by atoms with Crippen LogP contribution in [0, 0.1) is 0 Å². The third-order valence-corrected chi connectivity index (χ3v) is 15.1. The van der Waals surface area contributed by atoms with Crippen LogP contribution >= 0.6 is 0 Å². The maximum atomic E-state index is 7.49. The molecular formula is C61H46N2O2. The van der Waals surface area contributed by atoms with Gasteiger partial charge in [-0.05, 0) is 108 Å². The molecule has 2 aromatic heterocycles. The van der Waals surface area contributed by atoms with Crippen LogP contribution in [0.2, 0.25) is 0 Å². The molecule has 6 aromatic carbocycles. The van der Waals surface area contributed by atoms with E-state index in [4.69, 9.17) is 8.83 Å². The van der Waals surface area contributed by atoms with Gasteiger partial charge in [0.1, 0.15) is 22.7 Å². The summed E-state index contributed by atoms with van der Waals surface area (Å²) in [4.78, 5) is 5.24. The maximum Gasteiger partial charge on any atom is 0.145 e. The van der Waals surface area contributed by atoms with Gasteiger partial charge in [-0.2, -0.15) is 0 Å². The van der Waals surface area contributed by atoms with Crippen molar-refractivity contribution in [2.75, 3.05) is 9.80 Å². The minimum atomic E-state index is -0.632. The number of furan rings is 2. The standard InChI is InChI=1S/C61H46N2O2/c1-5-21-39(22-6-1)62(40-23-7-2-8-24-40)51-37-49-57(59-55(51)45-31-15-19-35-53(45)64-59)58-50(61(49)47-33-17-13-29-43(47)44-30-14-18-34-48(44)61)38-52(56-46-32-16-20-36-54(46)65-60(56)58)63(41-25-9-3-10-26-41)42-27-11-4-12-28-42/h1-11,13-18,20-23,25-27,29-34,36-37,40,52H,12,19,24,28,35,38H2. The summed E-state index contributed by atoms with van der Waals surface area (Å²) in [6, 6.07) is 51.9. The molecule has 312 valence electrons. The van der Waals surface area contributed by atoms with Crippen LogP contribution in [0.1, 0.15) is 83.0 Å². The monoisotopic (exact) mass is 838 g/mol. The Hall–Kier alpha value is -7.56. The van der Waals surface area contributed by atoms with Gasteiger partial charge in [-0.3, -0.25) is 0 Å². The first-order valence-electron chi connectivity index (χ1n) is 23.4. The highest BCUT2D eigenvalue weighted by Gasteiger charge is 2.58. The highest BCUT2D eigenvalue weighted by molar-refractivity contribution is 6.13. The summed E-state index contributed by atoms with van der Waals surface area (Å²) in [5, 5.41) is 2.35. The molecule has 0 amide bonds. The molecule has 0 bridgehead atoms. The lowest BCUT2D eigenvalue weighted by Crippen LogP contribution is -2.35. The highest BCUT2D eigenvalue weighted by Crippen LogP contribution is 2.69. The van der Waals surface area contributed by atoms with Crippen molar-refractivity contribution >= 4 is 50.6 Å². The summed E-state index contributed by atoms with van der Waals surface area (Å²) in [5.74, 6) is 2.02. The first kappa shape index (κ1) is 36.9. The van der Waals surface area contributed by atoms with Crippen LogP contribution in [0.4, 0.5) is 17.1 Å². The molecule has 2 heterocycles. The normalized spacial score (nSPS) is 19.2. The van der Waals surface area contributed by atoms with Crippen LogP contribution in [0.5, 0.6) is 0 Å². The van der Waals surface area contributed by atoms with E-state index in [9.17, 15) is 0 Å². The molecule has 0 radical (unpaired) electrons. The van der Waals surface area contributed by atoms with Gasteiger partial charge in [-0.1, -0.05) is 152 Å². The fourth-order valence-electron chi connectivity index (χ4n) is 12.6. The lowest BCUT2D eigenvalue weighted by Gasteiger charge is -2.42. The molecule has 8 aromatic rings. The van der Waals surface area contributed by atoms with Crippen LogP contribution in [-0.2, 0) is 11.8 Å². The van der Waals surface area contributed by atoms with E-state index in [1.165, 1.54) is 89.2 Å². The Morgan fingerprint density at radius 1 is 0.615 bits per heavy atom. The average molecular weight is 839 g/mol. The first-order chi connectivity index (χ1) is 32.3. The van der Waals surface area contributed by atoms with Crippen LogP contribution < -0.4 is 9.80 Å². The fraction of sp³-hybridized carbons (Fsp3) is 0.148. The second-order valence-electron chi connectivity index (χ2n) is 18.3. The van der Waals surface area contributed by atoms with Crippen LogP contribution in [0.25, 0.3) is 44.7 Å². The lowest BCUT2D eigenvalue weighted by atomic mass is 9.66. The minimum absolute atomic E-state index is 0.0543. The minimum Gasteiger partial charge on any atom is -0.460 e. The Kier molecular flexibility index (Phi) is 8.07. The van der Waals surface area contributed by atoms with Gasteiger partial charge in [0, 0.05) is 51.1 Å². The number of rotatable bonds is 6. The number of aryl methyl sites for hydroxylation is 1. The topological polar surface area (TPSA) is 32.8 Å². The first-order valence-corrected chi connectivity index (χ1v) is 23.4. The van der Waals surface area contributed by atoms with Crippen LogP contribution in [0.3, 0.4) is 0 Å². The van der Waals surface area contributed by atoms with E-state index in [1.807, 2.05) is 0 Å². The summed E-state index contributed by atoms with van der Waals surface area (Å²) in [6.45, 7) is 0. The second-order valence-corrected chi connectivity index (χ2v) is 18.3. The molecule has 0 N–H and O–H groups in total. The second kappa shape index (κ2) is 14.2. The Bertz CT molecular complexity index is 3420. The number of nitrogens with zero attached hydrogens (tertiary/aromatic N) is 2. The Balaban J connectivity index is 1.15. The van der Waals surface area contributed by atoms with Crippen molar-refractivity contribution in [3.8, 4) is 11.1 Å². The average Bonchev–Trinajstić information content (AvgIpc) is 4.11. The summed E-state index contributed by atoms with van der Waals surface area (Å²) in [5.41, 5.74) is 18.8. The number of anilines is 3. The fourth-order valence-corrected chi connectivity index (χ4v) is 12.6. The molecule has 4 nitrogen and oxygen atoms in total. The molecule has 14 rings (SSSR count). The van der Waals surface area contributed by atoms with E-state index >= 15 is 0 Å². The van der Waals surface area contributed by atoms with Crippen molar-refractivity contribution in [2.45, 2.75) is 56.0 Å². The third-order valence-electron chi connectivity index (χ3n) is 15.1. The van der Waals surface area contributed by atoms with Gasteiger partial charge < -0.3 is 18.6 Å². The number of hydrogen-bond donors (Lipinski definition) is 0. The van der Waals surface area contributed by atoms with E-state index in [1.54, 1.807) is 0 Å². The number of fused-ring (bicyclic) bond motifs is 17. The molecule has 0 saturated carbocycles. The van der Waals surface area contributed by atoms with Gasteiger partial charge >= 0.3 is 0 Å². The SMILES string of the molecule is C1=CCCC(N(c2ccccc2)C2CC3=C(c4oc5ccccc5c42)c2c(cc(N(c4ccccc4)C4C=CC=CC4)c4c5c(oc24)CCC=C5)C32c3ccccc3-c3ccccc32)=C1. The van der Waals surface area contributed by atoms with Crippen LogP contribution in [-0.4, -0.2) is 6.04 Å². The van der Waals surface area contributed by atoms with Crippen molar-refractivity contribution in [1.82, 2.24) is 0 Å². The molecule has 0 saturated heterocycles. The number of para-hydroxylation sites is 3. The summed E-state index contributed by atoms with van der Waals surface area (Å²) in [6.07, 6.45) is 26.1. The molecule has 1 spiro atoms. The van der Waals surface area contributed by atoms with Gasteiger partial charge in [-0.25, -0.2) is 0 Å². The molecule has 4 heteroatoms. The van der Waals surface area contributed by atoms with E-state index in [0.29, 0.717) is 0 Å². The maximum absolute atomic E-state index is 7.49. The quantitative estimate of drug-likeness (QED) is 0.167. The van der Waals surface area contributed by atoms with E-state index in [0.717, 1.165) is 61.2 Å². The van der Waals surface area contributed by atoms with Gasteiger partial charge in [0.25, 0.3) is 0 Å². The molecule has 65 heavy (non-hydrogen) atoms. The molecular weight excluding hydrogens is 793 g/mol. The molecule has 0 fully saturated rings. The summed E-state index contributed by atoms with van der Waals surface area (Å²) < 4.78 is 14.9. The Morgan fingerprint density at radius 3 is 2.06 bits per heavy atom. The van der Waals surface area contributed by atoms with Crippen molar-refractivity contribution in [2.24, 2.45) is 0 Å². The smallest absolute Gasteiger partial charge is 0.145 e. The van der Waals surface area contributed by atoms with Crippen molar-refractivity contribution < 1.29 is 8.83 Å². The number of benzene rings is 6. The number of allylic oxidation sites excluding steroid dienone is 7. The molecule has 2 atom stereocenters. The predicted molar refractivity (Wildman–Crippen MR) is 266 cm³/mol. The van der Waals surface area contributed by atoms with E-state index in [2.05, 4.69) is 204 Å². The van der Waals surface area contributed by atoms with Gasteiger partial charge in [0.2, 0.25) is 0 Å². The zero-order chi connectivity index (χ0) is 42.6. The predicted octanol–water partition coefficient (Wildman–Crippen LogP) is 15.5. The summed E-state index contributed by atoms with van der Waals surface area (Å²) in [7, 11) is 0. The molecule has 6 aliphatic carbocycles. The van der Waals surface area contributed by atoms with Gasteiger partial charge in [-0.15, -0.1) is 0 Å². The molecule has 6 aliphatic rings. The zero-order valence-corrected chi connectivity index (χ0v) is 36.1. The highest BCUT2D eigenvalue weighted by atomic mass is 16.3. The van der Waals surface area contributed by atoms with Crippen molar-refractivity contribution in [3.63, 3.8) is 0 Å². The lowest BCUT2D eigenvalue weighted by molar-refractivity contribution is 0.543. The Morgan fingerprint density at radius 2 is 1.32 bits per heavy atom. The van der Waals surface area contributed by atoms with E-state index < -0.39 is 5.41 Å². The largest absolute Gasteiger partial charge is 0.460 e. The molecule has 2 unspecified atom stereocenters. The van der Waals surface area contributed by atoms with Gasteiger partial charge in [0.05, 0.1) is 28.6 Å². The Labute approximate surface area is 379 Å². The van der Waals surface area contributed by atoms with Crippen molar-refractivity contribution in [3.05, 3.63) is 244 Å². The molecule has 0 aliphatic heterocycles. The summed E-state index contributed by atoms with van der Waals surface area (Å²) >= 11 is 0. The van der Waals surface area contributed by atoms with Crippen molar-refractivity contribution in [1.29, 1.82) is 0 Å². The number of hydrogen-bond acceptors (Lipinski definition) is 4. The van der Waals surface area contributed by atoms with E-state index in [-0.39, 0.29) is 12.1 Å².